The molecule has 0 unspecified atom stereocenters. The molecule has 0 aliphatic carbocycles. The van der Waals surface area contributed by atoms with Crippen molar-refractivity contribution >= 4 is 11.9 Å². The third-order valence-corrected chi connectivity index (χ3v) is 1.35. The van der Waals surface area contributed by atoms with Crippen molar-refractivity contribution in [1.29, 1.82) is 0 Å². The van der Waals surface area contributed by atoms with Crippen molar-refractivity contribution in [1.82, 2.24) is 20.6 Å². The van der Waals surface area contributed by atoms with Crippen LogP contribution in [0.3, 0.4) is 0 Å². The van der Waals surface area contributed by atoms with Gasteiger partial charge in [-0.1, -0.05) is 6.58 Å². The number of imide groups is 1. The number of rotatable bonds is 2. The summed E-state index contributed by atoms with van der Waals surface area (Å²) < 4.78 is 0. The number of H-pyrrole nitrogens is 1. The van der Waals surface area contributed by atoms with Crippen LogP contribution in [0.2, 0.25) is 0 Å². The van der Waals surface area contributed by atoms with Gasteiger partial charge in [-0.25, -0.2) is 9.78 Å². The predicted molar refractivity (Wildman–Crippen MR) is 62.3 cm³/mol. The van der Waals surface area contributed by atoms with Gasteiger partial charge >= 0.3 is 6.03 Å². The third-order valence-electron chi connectivity index (χ3n) is 1.35. The second-order valence-electron chi connectivity index (χ2n) is 2.66. The molecule has 0 atom stereocenters. The highest BCUT2D eigenvalue weighted by molar-refractivity contribution is 5.99. The maximum atomic E-state index is 10.5. The number of carbonyl (C=O) groups is 2. The maximum Gasteiger partial charge on any atom is 0.321 e. The van der Waals surface area contributed by atoms with Crippen molar-refractivity contribution in [2.24, 2.45) is 0 Å². The number of hydrogen-bond acceptors (Lipinski definition) is 4. The first kappa shape index (κ1) is 14.6. The number of nitrogens with one attached hydrogen (secondary N) is 3. The maximum absolute atomic E-state index is 10.5. The second-order valence-corrected chi connectivity index (χ2v) is 2.66. The number of aromatic nitrogens is 2. The van der Waals surface area contributed by atoms with Crippen molar-refractivity contribution in [3.63, 3.8) is 0 Å². The second kappa shape index (κ2) is 8.84. The summed E-state index contributed by atoms with van der Waals surface area (Å²) in [6.45, 7) is 5.44. The lowest BCUT2D eigenvalue weighted by molar-refractivity contribution is -0.115. The zero-order chi connectivity index (χ0) is 13.1. The van der Waals surface area contributed by atoms with Gasteiger partial charge in [0.25, 0.3) is 11.5 Å². The van der Waals surface area contributed by atoms with E-state index >= 15 is 0 Å². The first-order chi connectivity index (χ1) is 8.10. The summed E-state index contributed by atoms with van der Waals surface area (Å²) >= 11 is 0. The lowest BCUT2D eigenvalue weighted by atomic mass is 10.6. The number of nitrogens with zero attached hydrogens (tertiary/aromatic N) is 1. The topological polar surface area (TPSA) is 104 Å². The van der Waals surface area contributed by atoms with Crippen LogP contribution in [0.25, 0.3) is 0 Å². The van der Waals surface area contributed by atoms with Gasteiger partial charge in [0.1, 0.15) is 0 Å². The fourth-order valence-corrected chi connectivity index (χ4v) is 0.670. The molecule has 0 aliphatic heterocycles. The normalized spacial score (nSPS) is 8.29. The molecule has 1 rings (SSSR count). The fraction of sp³-hybridized carbons (Fsp3) is 0.200. The Morgan fingerprint density at radius 1 is 1.59 bits per heavy atom. The molecular weight excluding hydrogens is 224 g/mol. The van der Waals surface area contributed by atoms with E-state index in [4.69, 9.17) is 0 Å². The highest BCUT2D eigenvalue weighted by Gasteiger charge is 1.99. The van der Waals surface area contributed by atoms with E-state index in [0.29, 0.717) is 6.54 Å². The summed E-state index contributed by atoms with van der Waals surface area (Å²) in [5.41, 5.74) is -0.116. The molecule has 0 saturated carbocycles. The van der Waals surface area contributed by atoms with E-state index in [1.165, 1.54) is 18.6 Å². The number of urea groups is 1. The molecule has 7 heteroatoms. The van der Waals surface area contributed by atoms with Crippen LogP contribution in [0.15, 0.2) is 36.0 Å². The molecule has 92 valence electrons. The van der Waals surface area contributed by atoms with Gasteiger partial charge in [-0.2, -0.15) is 0 Å². The van der Waals surface area contributed by atoms with Crippen molar-refractivity contribution < 1.29 is 9.59 Å². The summed E-state index contributed by atoms with van der Waals surface area (Å²) in [6.07, 6.45) is 3.83. The van der Waals surface area contributed by atoms with Gasteiger partial charge in [0.2, 0.25) is 0 Å². The molecule has 0 aromatic carbocycles. The Hall–Kier alpha value is -2.44. The molecule has 0 radical (unpaired) electrons. The molecule has 3 amide bonds. The van der Waals surface area contributed by atoms with Gasteiger partial charge in [0.15, 0.2) is 0 Å². The SMILES string of the molecule is C=CC(=O)NC(=O)NCC.O=c1ccnc[nH]1. The van der Waals surface area contributed by atoms with E-state index in [0.717, 1.165) is 6.08 Å². The van der Waals surface area contributed by atoms with Crippen LogP contribution >= 0.6 is 0 Å². The van der Waals surface area contributed by atoms with E-state index in [2.05, 4.69) is 21.9 Å². The number of aromatic amines is 1. The van der Waals surface area contributed by atoms with E-state index in [9.17, 15) is 14.4 Å². The van der Waals surface area contributed by atoms with Gasteiger partial charge in [-0.15, -0.1) is 0 Å². The van der Waals surface area contributed by atoms with Gasteiger partial charge in [-0.05, 0) is 13.0 Å². The number of carbonyl (C=O) groups excluding carboxylic acids is 2. The van der Waals surface area contributed by atoms with Gasteiger partial charge < -0.3 is 10.3 Å². The summed E-state index contributed by atoms with van der Waals surface area (Å²) in [4.78, 5) is 37.1. The van der Waals surface area contributed by atoms with E-state index in [1.54, 1.807) is 6.92 Å². The highest BCUT2D eigenvalue weighted by atomic mass is 16.2. The average Bonchev–Trinajstić information content (AvgIpc) is 2.31. The first-order valence-corrected chi connectivity index (χ1v) is 4.80. The summed E-state index contributed by atoms with van der Waals surface area (Å²) in [6, 6.07) is 0.868. The van der Waals surface area contributed by atoms with Crippen LogP contribution in [-0.2, 0) is 4.79 Å². The summed E-state index contributed by atoms with van der Waals surface area (Å²) in [7, 11) is 0. The Kier molecular flexibility index (Phi) is 7.57. The van der Waals surface area contributed by atoms with Crippen LogP contribution < -0.4 is 16.2 Å². The molecule has 1 aromatic rings. The van der Waals surface area contributed by atoms with E-state index in [1.807, 2.05) is 5.32 Å². The minimum absolute atomic E-state index is 0.116. The Labute approximate surface area is 98.0 Å². The van der Waals surface area contributed by atoms with Crippen molar-refractivity contribution in [3.05, 3.63) is 41.6 Å². The standard InChI is InChI=1S/C6H10N2O2.C4H4N2O/c1-3-5(9)8-6(10)7-4-2;7-4-1-2-5-3-6-4/h3H,1,4H2,2H3,(H2,7,8,9,10);1-3H,(H,5,6,7). The van der Waals surface area contributed by atoms with Crippen LogP contribution in [0.1, 0.15) is 6.92 Å². The van der Waals surface area contributed by atoms with Crippen LogP contribution in [0.5, 0.6) is 0 Å². The molecular formula is C10H14N4O3. The number of amides is 3. The minimum atomic E-state index is -0.494. The van der Waals surface area contributed by atoms with E-state index in [-0.39, 0.29) is 5.56 Å². The van der Waals surface area contributed by atoms with Gasteiger partial charge in [-0.3, -0.25) is 14.9 Å². The molecule has 0 bridgehead atoms. The third kappa shape index (κ3) is 8.55. The zero-order valence-electron chi connectivity index (χ0n) is 9.40. The Balaban J connectivity index is 0.000000318. The average molecular weight is 238 g/mol. The first-order valence-electron chi connectivity index (χ1n) is 4.80. The van der Waals surface area contributed by atoms with Crippen molar-refractivity contribution in [3.8, 4) is 0 Å². The lowest BCUT2D eigenvalue weighted by Crippen LogP contribution is -2.38. The van der Waals surface area contributed by atoms with Crippen molar-refractivity contribution in [2.45, 2.75) is 6.92 Å². The quantitative estimate of drug-likeness (QED) is 0.620. The van der Waals surface area contributed by atoms with Gasteiger partial charge in [0.05, 0.1) is 6.33 Å². The molecule has 0 spiro atoms. The van der Waals surface area contributed by atoms with Gasteiger partial charge in [0, 0.05) is 18.8 Å². The summed E-state index contributed by atoms with van der Waals surface area (Å²) in [5.74, 6) is -0.494. The largest absolute Gasteiger partial charge is 0.338 e. The molecule has 0 aliphatic rings. The smallest absolute Gasteiger partial charge is 0.321 e. The Bertz CT molecular complexity index is 410. The Morgan fingerprint density at radius 2 is 2.29 bits per heavy atom. The lowest BCUT2D eigenvalue weighted by Gasteiger charge is -1.99. The van der Waals surface area contributed by atoms with E-state index < -0.39 is 11.9 Å². The van der Waals surface area contributed by atoms with Crippen LogP contribution in [0, 0.1) is 0 Å². The molecule has 0 fully saturated rings. The van der Waals surface area contributed by atoms with Crippen LogP contribution in [-0.4, -0.2) is 28.5 Å². The fourth-order valence-electron chi connectivity index (χ4n) is 0.670. The molecule has 1 heterocycles. The molecule has 7 nitrogen and oxygen atoms in total. The predicted octanol–water partition coefficient (Wildman–Crippen LogP) is -0.212. The Morgan fingerprint density at radius 3 is 2.65 bits per heavy atom. The molecule has 1 aromatic heterocycles. The molecule has 17 heavy (non-hydrogen) atoms. The molecule has 0 saturated heterocycles. The van der Waals surface area contributed by atoms with Crippen LogP contribution in [0.4, 0.5) is 4.79 Å². The van der Waals surface area contributed by atoms with Crippen molar-refractivity contribution in [2.75, 3.05) is 6.54 Å². The minimum Gasteiger partial charge on any atom is -0.338 e. The monoisotopic (exact) mass is 238 g/mol. The summed E-state index contributed by atoms with van der Waals surface area (Å²) in [5, 5.41) is 4.42. The number of hydrogen-bond donors (Lipinski definition) is 3. The zero-order valence-corrected chi connectivity index (χ0v) is 9.40. The molecule has 3 N–H and O–H groups in total. The highest BCUT2D eigenvalue weighted by Crippen LogP contribution is 1.67.